The minimum Gasteiger partial charge on any atom is -0.355 e. The fourth-order valence-electron chi connectivity index (χ4n) is 2.09. The van der Waals surface area contributed by atoms with Crippen LogP contribution in [0.2, 0.25) is 5.02 Å². The van der Waals surface area contributed by atoms with Crippen LogP contribution < -0.4 is 10.0 Å². The summed E-state index contributed by atoms with van der Waals surface area (Å²) in [6.07, 6.45) is 0.523. The summed E-state index contributed by atoms with van der Waals surface area (Å²) < 4.78 is 39.4. The molecule has 25 heavy (non-hydrogen) atoms. The quantitative estimate of drug-likeness (QED) is 0.769. The smallest absolute Gasteiger partial charge is 0.241 e. The number of sulfonamides is 1. The van der Waals surface area contributed by atoms with E-state index in [0.29, 0.717) is 23.6 Å². The van der Waals surface area contributed by atoms with Crippen LogP contribution in [0, 0.1) is 12.7 Å². The number of carbonyl (C=O) groups excluding carboxylic acids is 1. The molecule has 0 bridgehead atoms. The van der Waals surface area contributed by atoms with E-state index >= 15 is 0 Å². The Morgan fingerprint density at radius 3 is 2.48 bits per heavy atom. The second kappa shape index (κ2) is 8.42. The SMILES string of the molecule is Cc1cc(S(=O)(=O)NCC(=O)NCCc2ccc(F)cc2)ccc1Cl. The van der Waals surface area contributed by atoms with Crippen molar-refractivity contribution in [1.29, 1.82) is 0 Å². The maximum atomic E-state index is 12.8. The molecule has 0 fully saturated rings. The zero-order chi connectivity index (χ0) is 18.4. The molecule has 5 nitrogen and oxygen atoms in total. The van der Waals surface area contributed by atoms with Crippen molar-refractivity contribution in [2.24, 2.45) is 0 Å². The monoisotopic (exact) mass is 384 g/mol. The van der Waals surface area contributed by atoms with Gasteiger partial charge in [-0.1, -0.05) is 23.7 Å². The van der Waals surface area contributed by atoms with Gasteiger partial charge in [0.1, 0.15) is 5.82 Å². The zero-order valence-corrected chi connectivity index (χ0v) is 15.1. The first-order valence-corrected chi connectivity index (χ1v) is 9.41. The predicted molar refractivity (Wildman–Crippen MR) is 94.5 cm³/mol. The van der Waals surface area contributed by atoms with E-state index < -0.39 is 15.9 Å². The van der Waals surface area contributed by atoms with Crippen molar-refractivity contribution in [1.82, 2.24) is 10.0 Å². The van der Waals surface area contributed by atoms with Gasteiger partial charge in [-0.15, -0.1) is 0 Å². The normalized spacial score (nSPS) is 11.3. The molecular formula is C17H18ClFN2O3S. The van der Waals surface area contributed by atoms with Crippen molar-refractivity contribution in [3.63, 3.8) is 0 Å². The lowest BCUT2D eigenvalue weighted by Gasteiger charge is -2.09. The first-order chi connectivity index (χ1) is 11.8. The van der Waals surface area contributed by atoms with Crippen LogP contribution in [-0.2, 0) is 21.2 Å². The molecule has 0 radical (unpaired) electrons. The summed E-state index contributed by atoms with van der Waals surface area (Å²) in [6.45, 7) is 1.66. The van der Waals surface area contributed by atoms with Crippen LogP contribution in [0.15, 0.2) is 47.4 Å². The summed E-state index contributed by atoms with van der Waals surface area (Å²) in [6, 6.07) is 10.3. The molecule has 0 atom stereocenters. The third-order valence-electron chi connectivity index (χ3n) is 3.51. The lowest BCUT2D eigenvalue weighted by atomic mass is 10.1. The van der Waals surface area contributed by atoms with E-state index in [1.165, 1.54) is 30.3 Å². The summed E-state index contributed by atoms with van der Waals surface area (Å²) >= 11 is 5.87. The number of carbonyl (C=O) groups is 1. The molecule has 0 aliphatic rings. The highest BCUT2D eigenvalue weighted by Gasteiger charge is 2.16. The third-order valence-corrected chi connectivity index (χ3v) is 5.33. The molecule has 2 aromatic rings. The van der Waals surface area contributed by atoms with E-state index in [-0.39, 0.29) is 17.3 Å². The van der Waals surface area contributed by atoms with Crippen molar-refractivity contribution < 1.29 is 17.6 Å². The molecule has 0 saturated heterocycles. The summed E-state index contributed by atoms with van der Waals surface area (Å²) in [5, 5.41) is 3.08. The molecule has 2 aromatic carbocycles. The third kappa shape index (κ3) is 5.81. The highest BCUT2D eigenvalue weighted by Crippen LogP contribution is 2.19. The molecule has 0 unspecified atom stereocenters. The standard InChI is InChI=1S/C17H18ClFN2O3S/c1-12-10-15(6-7-16(12)18)25(23,24)21-11-17(22)20-9-8-13-2-4-14(19)5-3-13/h2-7,10,21H,8-9,11H2,1H3,(H,20,22). The first kappa shape index (κ1) is 19.4. The van der Waals surface area contributed by atoms with Gasteiger partial charge in [-0.05, 0) is 54.8 Å². The van der Waals surface area contributed by atoms with Crippen molar-refractivity contribution in [2.75, 3.05) is 13.1 Å². The van der Waals surface area contributed by atoms with Gasteiger partial charge in [-0.2, -0.15) is 0 Å². The van der Waals surface area contributed by atoms with Gasteiger partial charge in [-0.3, -0.25) is 4.79 Å². The van der Waals surface area contributed by atoms with Gasteiger partial charge >= 0.3 is 0 Å². The largest absolute Gasteiger partial charge is 0.355 e. The maximum Gasteiger partial charge on any atom is 0.241 e. The molecule has 0 aromatic heterocycles. The molecule has 2 N–H and O–H groups in total. The minimum atomic E-state index is -3.79. The van der Waals surface area contributed by atoms with Gasteiger partial charge in [0.25, 0.3) is 0 Å². The molecule has 0 saturated carbocycles. The zero-order valence-electron chi connectivity index (χ0n) is 13.6. The number of rotatable bonds is 7. The van der Waals surface area contributed by atoms with E-state index in [4.69, 9.17) is 11.6 Å². The van der Waals surface area contributed by atoms with Gasteiger partial charge in [0.05, 0.1) is 11.4 Å². The Morgan fingerprint density at radius 1 is 1.16 bits per heavy atom. The Balaban J connectivity index is 1.82. The topological polar surface area (TPSA) is 75.3 Å². The Labute approximate surface area is 151 Å². The Morgan fingerprint density at radius 2 is 1.84 bits per heavy atom. The van der Waals surface area contributed by atoms with Gasteiger partial charge in [0.15, 0.2) is 0 Å². The maximum absolute atomic E-state index is 12.8. The van der Waals surface area contributed by atoms with E-state index in [0.717, 1.165) is 5.56 Å². The number of aryl methyl sites for hydroxylation is 1. The van der Waals surface area contributed by atoms with Crippen LogP contribution in [0.4, 0.5) is 4.39 Å². The summed E-state index contributed by atoms with van der Waals surface area (Å²) in [4.78, 5) is 11.8. The Hall–Kier alpha value is -1.96. The van der Waals surface area contributed by atoms with Crippen LogP contribution in [0.25, 0.3) is 0 Å². The molecule has 0 spiro atoms. The van der Waals surface area contributed by atoms with E-state index in [1.807, 2.05) is 0 Å². The number of hydrogen-bond acceptors (Lipinski definition) is 3. The average molecular weight is 385 g/mol. The number of hydrogen-bond donors (Lipinski definition) is 2. The highest BCUT2D eigenvalue weighted by atomic mass is 35.5. The van der Waals surface area contributed by atoms with Crippen molar-refractivity contribution in [3.05, 3.63) is 64.4 Å². The number of amides is 1. The van der Waals surface area contributed by atoms with Crippen LogP contribution in [-0.4, -0.2) is 27.4 Å². The number of halogens is 2. The molecule has 0 heterocycles. The highest BCUT2D eigenvalue weighted by molar-refractivity contribution is 7.89. The lowest BCUT2D eigenvalue weighted by Crippen LogP contribution is -2.37. The predicted octanol–water partition coefficient (Wildman–Crippen LogP) is 2.42. The second-order valence-corrected chi connectivity index (χ2v) is 7.64. The fraction of sp³-hybridized carbons (Fsp3) is 0.235. The van der Waals surface area contributed by atoms with Gasteiger partial charge in [0.2, 0.25) is 15.9 Å². The van der Waals surface area contributed by atoms with Crippen LogP contribution in [0.3, 0.4) is 0 Å². The lowest BCUT2D eigenvalue weighted by molar-refractivity contribution is -0.119. The van der Waals surface area contributed by atoms with Crippen molar-refractivity contribution in [3.8, 4) is 0 Å². The van der Waals surface area contributed by atoms with E-state index in [9.17, 15) is 17.6 Å². The average Bonchev–Trinajstić information content (AvgIpc) is 2.57. The van der Waals surface area contributed by atoms with Crippen LogP contribution in [0.5, 0.6) is 0 Å². The fourth-order valence-corrected chi connectivity index (χ4v) is 3.27. The summed E-state index contributed by atoms with van der Waals surface area (Å²) in [7, 11) is -3.79. The summed E-state index contributed by atoms with van der Waals surface area (Å²) in [5.41, 5.74) is 1.51. The Bertz CT molecular complexity index is 855. The van der Waals surface area contributed by atoms with Crippen LogP contribution in [0.1, 0.15) is 11.1 Å². The molecule has 8 heteroatoms. The minimum absolute atomic E-state index is 0.0495. The van der Waals surface area contributed by atoms with Gasteiger partial charge < -0.3 is 5.32 Å². The molecule has 134 valence electrons. The second-order valence-electron chi connectivity index (χ2n) is 5.46. The van der Waals surface area contributed by atoms with Gasteiger partial charge in [0, 0.05) is 11.6 Å². The van der Waals surface area contributed by atoms with Crippen LogP contribution >= 0.6 is 11.6 Å². The summed E-state index contributed by atoms with van der Waals surface area (Å²) in [5.74, 6) is -0.768. The number of benzene rings is 2. The number of nitrogens with one attached hydrogen (secondary N) is 2. The van der Waals surface area contributed by atoms with Gasteiger partial charge in [-0.25, -0.2) is 17.5 Å². The van der Waals surface area contributed by atoms with E-state index in [1.54, 1.807) is 19.1 Å². The molecule has 0 aliphatic heterocycles. The van der Waals surface area contributed by atoms with Crippen molar-refractivity contribution in [2.45, 2.75) is 18.2 Å². The molecule has 2 rings (SSSR count). The first-order valence-electron chi connectivity index (χ1n) is 7.55. The molecular weight excluding hydrogens is 367 g/mol. The Kier molecular flexibility index (Phi) is 6.52. The molecule has 0 aliphatic carbocycles. The van der Waals surface area contributed by atoms with Crippen molar-refractivity contribution >= 4 is 27.5 Å². The van der Waals surface area contributed by atoms with E-state index in [2.05, 4.69) is 10.0 Å². The molecule has 1 amide bonds.